The number of nitrogen functional groups attached to an aromatic ring is 1. The van der Waals surface area contributed by atoms with Crippen molar-refractivity contribution in [1.29, 1.82) is 0 Å². The van der Waals surface area contributed by atoms with Gasteiger partial charge in [-0.1, -0.05) is 0 Å². The van der Waals surface area contributed by atoms with Gasteiger partial charge >= 0.3 is 0 Å². The topological polar surface area (TPSA) is 82.3 Å². The third kappa shape index (κ3) is 3.58. The lowest BCUT2D eigenvalue weighted by Crippen LogP contribution is -2.04. The zero-order valence-electron chi connectivity index (χ0n) is 11.2. The van der Waals surface area contributed by atoms with Crippen LogP contribution in [0.5, 0.6) is 5.75 Å². The molecule has 0 saturated heterocycles. The molecule has 0 aliphatic heterocycles. The lowest BCUT2D eigenvalue weighted by Gasteiger charge is -2.11. The van der Waals surface area contributed by atoms with E-state index in [0.29, 0.717) is 24.1 Å². The van der Waals surface area contributed by atoms with Crippen LogP contribution < -0.4 is 15.8 Å². The smallest absolute Gasteiger partial charge is 0.158 e. The molecule has 0 amide bonds. The number of aromatic nitrogens is 2. The molecule has 0 unspecified atom stereocenters. The Labute approximate surface area is 125 Å². The molecule has 1 aromatic heterocycles. The van der Waals surface area contributed by atoms with E-state index in [1.165, 1.54) is 0 Å². The number of ether oxygens (including phenoxy) is 2. The summed E-state index contributed by atoms with van der Waals surface area (Å²) in [4.78, 5) is 8.41. The average Bonchev–Trinajstić information content (AvgIpc) is 2.41. The second-order valence-electron chi connectivity index (χ2n) is 4.00. The van der Waals surface area contributed by atoms with E-state index in [9.17, 15) is 0 Å². The molecule has 0 aliphatic carbocycles. The fourth-order valence-electron chi connectivity index (χ4n) is 1.64. The van der Waals surface area contributed by atoms with Gasteiger partial charge in [0.25, 0.3) is 0 Å². The van der Waals surface area contributed by atoms with E-state index in [2.05, 4.69) is 31.2 Å². The quantitative estimate of drug-likeness (QED) is 0.872. The summed E-state index contributed by atoms with van der Waals surface area (Å²) in [7, 11) is 3.20. The highest BCUT2D eigenvalue weighted by atomic mass is 79.9. The maximum absolute atomic E-state index is 5.75. The molecule has 2 aromatic rings. The average molecular weight is 339 g/mol. The van der Waals surface area contributed by atoms with Crippen molar-refractivity contribution in [2.45, 2.75) is 6.61 Å². The van der Waals surface area contributed by atoms with Crippen molar-refractivity contribution in [2.24, 2.45) is 0 Å². The molecule has 1 aromatic carbocycles. The van der Waals surface area contributed by atoms with Crippen LogP contribution in [0.15, 0.2) is 28.7 Å². The Hall–Kier alpha value is -1.86. The number of nitrogens with one attached hydrogen (secondary N) is 1. The van der Waals surface area contributed by atoms with Gasteiger partial charge in [0, 0.05) is 23.7 Å². The van der Waals surface area contributed by atoms with Crippen LogP contribution in [-0.4, -0.2) is 24.2 Å². The molecule has 0 saturated carbocycles. The van der Waals surface area contributed by atoms with Crippen LogP contribution in [0.4, 0.5) is 17.3 Å². The van der Waals surface area contributed by atoms with Crippen molar-refractivity contribution in [3.8, 4) is 5.75 Å². The second-order valence-corrected chi connectivity index (χ2v) is 4.85. The number of halogens is 1. The number of benzene rings is 1. The SMILES string of the molecule is COCc1nc(N)cc(Nc2cc(OC)ccc2Br)n1. The van der Waals surface area contributed by atoms with Gasteiger partial charge in [-0.25, -0.2) is 9.97 Å². The minimum atomic E-state index is 0.305. The first kappa shape index (κ1) is 14.5. The van der Waals surface area contributed by atoms with Gasteiger partial charge in [-0.2, -0.15) is 0 Å². The fourth-order valence-corrected chi connectivity index (χ4v) is 1.99. The third-order valence-corrected chi connectivity index (χ3v) is 3.19. The maximum Gasteiger partial charge on any atom is 0.158 e. The van der Waals surface area contributed by atoms with Crippen molar-refractivity contribution < 1.29 is 9.47 Å². The second kappa shape index (κ2) is 6.53. The largest absolute Gasteiger partial charge is 0.497 e. The molecule has 6 nitrogen and oxygen atoms in total. The summed E-state index contributed by atoms with van der Waals surface area (Å²) >= 11 is 3.47. The van der Waals surface area contributed by atoms with Gasteiger partial charge in [0.1, 0.15) is 24.0 Å². The molecule has 20 heavy (non-hydrogen) atoms. The van der Waals surface area contributed by atoms with Gasteiger partial charge in [-0.15, -0.1) is 0 Å². The summed E-state index contributed by atoms with van der Waals surface area (Å²) in [5.74, 6) is 2.25. The van der Waals surface area contributed by atoms with E-state index in [1.807, 2.05) is 18.2 Å². The Morgan fingerprint density at radius 1 is 1.25 bits per heavy atom. The summed E-state index contributed by atoms with van der Waals surface area (Å²) in [5, 5.41) is 3.17. The van der Waals surface area contributed by atoms with E-state index >= 15 is 0 Å². The van der Waals surface area contributed by atoms with E-state index in [-0.39, 0.29) is 0 Å². The van der Waals surface area contributed by atoms with Gasteiger partial charge in [-0.05, 0) is 28.1 Å². The van der Waals surface area contributed by atoms with Crippen LogP contribution in [0.25, 0.3) is 0 Å². The minimum Gasteiger partial charge on any atom is -0.497 e. The monoisotopic (exact) mass is 338 g/mol. The number of hydrogen-bond acceptors (Lipinski definition) is 6. The number of rotatable bonds is 5. The first-order chi connectivity index (χ1) is 9.62. The summed E-state index contributed by atoms with van der Waals surface area (Å²) in [5.41, 5.74) is 6.58. The Kier molecular flexibility index (Phi) is 4.75. The molecule has 0 radical (unpaired) electrons. The van der Waals surface area contributed by atoms with Crippen LogP contribution in [0.2, 0.25) is 0 Å². The molecule has 0 bridgehead atoms. The molecule has 0 fully saturated rings. The van der Waals surface area contributed by atoms with Crippen molar-refractivity contribution in [2.75, 3.05) is 25.3 Å². The summed E-state index contributed by atoms with van der Waals surface area (Å²) in [6, 6.07) is 7.27. The molecule has 7 heteroatoms. The molecular weight excluding hydrogens is 324 g/mol. The van der Waals surface area contributed by atoms with Crippen LogP contribution in [0.3, 0.4) is 0 Å². The number of nitrogens with two attached hydrogens (primary N) is 1. The van der Waals surface area contributed by atoms with E-state index < -0.39 is 0 Å². The normalized spacial score (nSPS) is 10.3. The standard InChI is InChI=1S/C13H15BrN4O2/c1-19-7-13-17-11(15)6-12(18-13)16-10-5-8(20-2)3-4-9(10)14/h3-6H,7H2,1-2H3,(H3,15,16,17,18). The third-order valence-electron chi connectivity index (χ3n) is 2.50. The minimum absolute atomic E-state index is 0.305. The summed E-state index contributed by atoms with van der Waals surface area (Å²) in [6.45, 7) is 0.305. The molecule has 1 heterocycles. The number of hydrogen-bond donors (Lipinski definition) is 2. The molecule has 106 valence electrons. The number of methoxy groups -OCH3 is 2. The van der Waals surface area contributed by atoms with Crippen molar-refractivity contribution in [1.82, 2.24) is 9.97 Å². The molecule has 0 atom stereocenters. The highest BCUT2D eigenvalue weighted by molar-refractivity contribution is 9.10. The van der Waals surface area contributed by atoms with Gasteiger partial charge in [0.2, 0.25) is 0 Å². The van der Waals surface area contributed by atoms with Crippen molar-refractivity contribution in [3.05, 3.63) is 34.6 Å². The van der Waals surface area contributed by atoms with Crippen LogP contribution in [-0.2, 0) is 11.3 Å². The molecule has 3 N–H and O–H groups in total. The Balaban J connectivity index is 2.29. The molecule has 0 spiro atoms. The van der Waals surface area contributed by atoms with Crippen LogP contribution in [0, 0.1) is 0 Å². The Morgan fingerprint density at radius 3 is 2.75 bits per heavy atom. The van der Waals surface area contributed by atoms with E-state index in [1.54, 1.807) is 20.3 Å². The zero-order chi connectivity index (χ0) is 14.5. The number of anilines is 3. The molecule has 0 aliphatic rings. The van der Waals surface area contributed by atoms with Gasteiger partial charge in [-0.3, -0.25) is 0 Å². The lowest BCUT2D eigenvalue weighted by molar-refractivity contribution is 0.178. The fraction of sp³-hybridized carbons (Fsp3) is 0.231. The lowest BCUT2D eigenvalue weighted by atomic mass is 10.3. The zero-order valence-corrected chi connectivity index (χ0v) is 12.8. The highest BCUT2D eigenvalue weighted by Crippen LogP contribution is 2.29. The molecule has 2 rings (SSSR count). The first-order valence-corrected chi connectivity index (χ1v) is 6.64. The summed E-state index contributed by atoms with van der Waals surface area (Å²) < 4.78 is 11.1. The van der Waals surface area contributed by atoms with Gasteiger partial charge < -0.3 is 20.5 Å². The van der Waals surface area contributed by atoms with Crippen LogP contribution >= 0.6 is 15.9 Å². The van der Waals surface area contributed by atoms with Crippen LogP contribution in [0.1, 0.15) is 5.82 Å². The van der Waals surface area contributed by atoms with Crippen molar-refractivity contribution >= 4 is 33.3 Å². The Morgan fingerprint density at radius 2 is 2.05 bits per heavy atom. The van der Waals surface area contributed by atoms with Crippen molar-refractivity contribution in [3.63, 3.8) is 0 Å². The highest BCUT2D eigenvalue weighted by Gasteiger charge is 2.06. The van der Waals surface area contributed by atoms with Gasteiger partial charge in [0.15, 0.2) is 5.82 Å². The predicted octanol–water partition coefficient (Wildman–Crippen LogP) is 2.72. The number of nitrogens with zero attached hydrogens (tertiary/aromatic N) is 2. The maximum atomic E-state index is 5.75. The predicted molar refractivity (Wildman–Crippen MR) is 81.1 cm³/mol. The first-order valence-electron chi connectivity index (χ1n) is 5.85. The van der Waals surface area contributed by atoms with Gasteiger partial charge in [0.05, 0.1) is 12.8 Å². The molecular formula is C13H15BrN4O2. The van der Waals surface area contributed by atoms with E-state index in [0.717, 1.165) is 15.9 Å². The Bertz CT molecular complexity index is 607. The summed E-state index contributed by atoms with van der Waals surface area (Å²) in [6.07, 6.45) is 0. The van der Waals surface area contributed by atoms with E-state index in [4.69, 9.17) is 15.2 Å².